The average molecular weight is 376 g/mol. The number of halogens is 1. The van der Waals surface area contributed by atoms with E-state index in [0.29, 0.717) is 29.6 Å². The van der Waals surface area contributed by atoms with E-state index in [1.165, 1.54) is 4.40 Å². The van der Waals surface area contributed by atoms with Gasteiger partial charge in [0, 0.05) is 16.6 Å². The summed E-state index contributed by atoms with van der Waals surface area (Å²) < 4.78 is 7.25. The van der Waals surface area contributed by atoms with Gasteiger partial charge in [-0.2, -0.15) is 0 Å². The highest BCUT2D eigenvalue weighted by Crippen LogP contribution is 2.23. The number of anilines is 1. The average Bonchev–Trinajstić information content (AvgIpc) is 2.94. The molecule has 0 aliphatic heterocycles. The van der Waals surface area contributed by atoms with Gasteiger partial charge >= 0.3 is 5.69 Å². The summed E-state index contributed by atoms with van der Waals surface area (Å²) >= 11 is 5.95. The number of benzene rings is 1. The summed E-state index contributed by atoms with van der Waals surface area (Å²) in [6, 6.07) is 5.51. The van der Waals surface area contributed by atoms with E-state index < -0.39 is 0 Å². The topological polar surface area (TPSA) is 84.3 Å². The molecular formula is C18H22ClN5O2. The third-order valence-corrected chi connectivity index (χ3v) is 4.19. The molecule has 26 heavy (non-hydrogen) atoms. The van der Waals surface area contributed by atoms with Gasteiger partial charge in [-0.3, -0.25) is 0 Å². The minimum atomic E-state index is -0.288. The summed E-state index contributed by atoms with van der Waals surface area (Å²) in [5, 5.41) is 10.4. The first-order valence-corrected chi connectivity index (χ1v) is 8.74. The Kier molecular flexibility index (Phi) is 4.91. The number of nitrogens with one attached hydrogen (secondary N) is 2. The molecule has 0 spiro atoms. The second kappa shape index (κ2) is 6.99. The molecule has 3 rings (SSSR count). The summed E-state index contributed by atoms with van der Waals surface area (Å²) in [5.41, 5.74) is 1.75. The van der Waals surface area contributed by atoms with Crippen LogP contribution in [-0.2, 0) is 5.41 Å². The molecule has 0 radical (unpaired) electrons. The maximum absolute atomic E-state index is 11.9. The zero-order valence-electron chi connectivity index (χ0n) is 15.3. The van der Waals surface area contributed by atoms with Crippen LogP contribution in [0.2, 0.25) is 5.02 Å². The van der Waals surface area contributed by atoms with Crippen LogP contribution in [0.3, 0.4) is 0 Å². The molecule has 0 amide bonds. The number of fused-ring (bicyclic) bond motifs is 1. The maximum atomic E-state index is 11.9. The number of rotatable bonds is 5. The van der Waals surface area contributed by atoms with Crippen LogP contribution in [-0.4, -0.2) is 32.7 Å². The van der Waals surface area contributed by atoms with Crippen molar-refractivity contribution in [2.24, 2.45) is 0 Å². The molecule has 2 N–H and O–H groups in total. The quantitative estimate of drug-likeness (QED) is 0.669. The Bertz CT molecular complexity index is 987. The molecule has 2 heterocycles. The van der Waals surface area contributed by atoms with Gasteiger partial charge in [0.05, 0.1) is 12.2 Å². The Balaban J connectivity index is 1.75. The Hall–Kier alpha value is -2.54. The van der Waals surface area contributed by atoms with Crippen LogP contribution >= 0.6 is 11.6 Å². The van der Waals surface area contributed by atoms with Crippen molar-refractivity contribution in [3.63, 3.8) is 0 Å². The van der Waals surface area contributed by atoms with Gasteiger partial charge in [-0.1, -0.05) is 32.4 Å². The van der Waals surface area contributed by atoms with Gasteiger partial charge in [0.25, 0.3) is 0 Å². The molecule has 0 saturated heterocycles. The van der Waals surface area contributed by atoms with Gasteiger partial charge in [-0.05, 0) is 30.7 Å². The van der Waals surface area contributed by atoms with Gasteiger partial charge in [-0.25, -0.2) is 19.3 Å². The smallest absolute Gasteiger partial charge is 0.347 e. The van der Waals surface area contributed by atoms with E-state index in [4.69, 9.17) is 16.3 Å². The predicted octanol–water partition coefficient (Wildman–Crippen LogP) is 3.17. The Morgan fingerprint density at radius 3 is 2.81 bits per heavy atom. The van der Waals surface area contributed by atoms with Gasteiger partial charge in [-0.15, -0.1) is 5.10 Å². The molecule has 0 atom stereocenters. The molecule has 0 fully saturated rings. The van der Waals surface area contributed by atoms with E-state index in [2.05, 4.69) is 20.5 Å². The minimum absolute atomic E-state index is 0.196. The summed E-state index contributed by atoms with van der Waals surface area (Å²) in [6.07, 6.45) is 1.72. The predicted molar refractivity (Wildman–Crippen MR) is 102 cm³/mol. The van der Waals surface area contributed by atoms with Crippen LogP contribution in [0, 0.1) is 6.92 Å². The molecule has 0 aliphatic rings. The Morgan fingerprint density at radius 2 is 2.12 bits per heavy atom. The van der Waals surface area contributed by atoms with Crippen molar-refractivity contribution in [1.29, 1.82) is 0 Å². The lowest BCUT2D eigenvalue weighted by Gasteiger charge is -2.19. The van der Waals surface area contributed by atoms with E-state index in [-0.39, 0.29) is 11.1 Å². The van der Waals surface area contributed by atoms with Gasteiger partial charge in [0.15, 0.2) is 5.82 Å². The number of hydrogen-bond acceptors (Lipinski definition) is 5. The Morgan fingerprint density at radius 1 is 1.35 bits per heavy atom. The van der Waals surface area contributed by atoms with Crippen LogP contribution in [0.25, 0.3) is 5.65 Å². The van der Waals surface area contributed by atoms with E-state index >= 15 is 0 Å². The van der Waals surface area contributed by atoms with Crippen LogP contribution in [0.4, 0.5) is 5.82 Å². The lowest BCUT2D eigenvalue weighted by molar-refractivity contribution is 0.330. The fraction of sp³-hybridized carbons (Fsp3) is 0.389. The monoisotopic (exact) mass is 375 g/mol. The van der Waals surface area contributed by atoms with Crippen LogP contribution in [0.1, 0.15) is 32.0 Å². The summed E-state index contributed by atoms with van der Waals surface area (Å²) in [4.78, 5) is 16.6. The minimum Gasteiger partial charge on any atom is -0.491 e. The number of hydrogen-bond donors (Lipinski definition) is 2. The number of aryl methyl sites for hydroxylation is 1. The second-order valence-electron chi connectivity index (χ2n) is 7.13. The molecule has 0 saturated carbocycles. The molecule has 2 aromatic heterocycles. The van der Waals surface area contributed by atoms with Crippen molar-refractivity contribution >= 4 is 23.1 Å². The highest BCUT2D eigenvalue weighted by molar-refractivity contribution is 6.30. The number of nitrogens with zero attached hydrogens (tertiary/aromatic N) is 3. The van der Waals surface area contributed by atoms with Crippen molar-refractivity contribution < 1.29 is 4.74 Å². The first kappa shape index (κ1) is 18.3. The van der Waals surface area contributed by atoms with Crippen molar-refractivity contribution in [3.8, 4) is 5.75 Å². The maximum Gasteiger partial charge on any atom is 0.347 e. The molecule has 0 bridgehead atoms. The lowest BCUT2D eigenvalue weighted by atomic mass is 9.93. The molecule has 0 unspecified atom stereocenters. The van der Waals surface area contributed by atoms with E-state index in [9.17, 15) is 4.79 Å². The first-order valence-electron chi connectivity index (χ1n) is 8.37. The van der Waals surface area contributed by atoms with Crippen LogP contribution < -0.4 is 15.7 Å². The SMILES string of the molecule is Cc1cc(Cl)ccc1OCCNc1nc(C(C)(C)C)cn2c(=O)[nH]nc12. The fourth-order valence-corrected chi connectivity index (χ4v) is 2.72. The molecule has 1 aromatic carbocycles. The Labute approximate surface area is 156 Å². The molecular weight excluding hydrogens is 354 g/mol. The van der Waals surface area contributed by atoms with Gasteiger partial charge < -0.3 is 10.1 Å². The molecule has 138 valence electrons. The van der Waals surface area contributed by atoms with Crippen LogP contribution in [0.15, 0.2) is 29.2 Å². The van der Waals surface area contributed by atoms with E-state index in [1.807, 2.05) is 39.8 Å². The van der Waals surface area contributed by atoms with Crippen molar-refractivity contribution in [3.05, 3.63) is 51.2 Å². The molecule has 7 nitrogen and oxygen atoms in total. The summed E-state index contributed by atoms with van der Waals surface area (Å²) in [6.45, 7) is 9.03. The van der Waals surface area contributed by atoms with E-state index in [1.54, 1.807) is 12.3 Å². The van der Waals surface area contributed by atoms with Gasteiger partial charge in [0.1, 0.15) is 12.4 Å². The third-order valence-electron chi connectivity index (χ3n) is 3.96. The number of aromatic nitrogens is 4. The first-order chi connectivity index (χ1) is 12.3. The lowest BCUT2D eigenvalue weighted by Crippen LogP contribution is -2.20. The second-order valence-corrected chi connectivity index (χ2v) is 7.57. The van der Waals surface area contributed by atoms with Crippen LogP contribution in [0.5, 0.6) is 5.75 Å². The highest BCUT2D eigenvalue weighted by Gasteiger charge is 2.19. The summed E-state index contributed by atoms with van der Waals surface area (Å²) in [7, 11) is 0. The normalized spacial score (nSPS) is 11.7. The van der Waals surface area contributed by atoms with E-state index in [0.717, 1.165) is 17.0 Å². The van der Waals surface area contributed by atoms with Crippen molar-refractivity contribution in [1.82, 2.24) is 19.6 Å². The fourth-order valence-electron chi connectivity index (χ4n) is 2.50. The van der Waals surface area contributed by atoms with Gasteiger partial charge in [0.2, 0.25) is 5.65 Å². The zero-order valence-corrected chi connectivity index (χ0v) is 16.0. The number of aromatic amines is 1. The number of H-pyrrole nitrogens is 1. The molecule has 3 aromatic rings. The molecule has 8 heteroatoms. The summed E-state index contributed by atoms with van der Waals surface area (Å²) in [5.74, 6) is 1.33. The van der Waals surface area contributed by atoms with Crippen molar-refractivity contribution in [2.45, 2.75) is 33.1 Å². The van der Waals surface area contributed by atoms with Crippen molar-refractivity contribution in [2.75, 3.05) is 18.5 Å². The highest BCUT2D eigenvalue weighted by atomic mass is 35.5. The standard InChI is InChI=1S/C18H22ClN5O2/c1-11-9-12(19)5-6-13(11)26-8-7-20-15-16-22-23-17(25)24(16)10-14(21-15)18(2,3)4/h5-6,9-10H,7-8H2,1-4H3,(H,20,21)(H,23,25). The largest absolute Gasteiger partial charge is 0.491 e. The molecule has 0 aliphatic carbocycles. The number of ether oxygens (including phenoxy) is 1. The zero-order chi connectivity index (χ0) is 18.9. The third kappa shape index (κ3) is 3.83.